The van der Waals surface area contributed by atoms with Crippen molar-refractivity contribution in [2.45, 2.75) is 13.0 Å². The van der Waals surface area contributed by atoms with E-state index in [2.05, 4.69) is 5.32 Å². The van der Waals surface area contributed by atoms with Crippen LogP contribution in [0.2, 0.25) is 5.02 Å². The van der Waals surface area contributed by atoms with Crippen molar-refractivity contribution in [1.29, 1.82) is 0 Å². The Balaban J connectivity index is 2.32. The lowest BCUT2D eigenvalue weighted by atomic mass is 10.1. The Kier molecular flexibility index (Phi) is 4.01. The van der Waals surface area contributed by atoms with Gasteiger partial charge in [-0.05, 0) is 19.1 Å². The van der Waals surface area contributed by atoms with Crippen molar-refractivity contribution in [3.8, 4) is 0 Å². The van der Waals surface area contributed by atoms with Crippen LogP contribution in [0, 0.1) is 10.1 Å². The Labute approximate surface area is 115 Å². The Morgan fingerprint density at radius 2 is 2.32 bits per heavy atom. The van der Waals surface area contributed by atoms with Crippen LogP contribution in [0.4, 0.5) is 5.69 Å². The quantitative estimate of drug-likeness (QED) is 0.662. The summed E-state index contributed by atoms with van der Waals surface area (Å²) in [5.74, 6) is -0.345. The summed E-state index contributed by atoms with van der Waals surface area (Å²) in [5.41, 5.74) is -0.160. The maximum atomic E-state index is 12.4. The van der Waals surface area contributed by atoms with E-state index >= 15 is 0 Å². The lowest BCUT2D eigenvalue weighted by Gasteiger charge is -2.31. The summed E-state index contributed by atoms with van der Waals surface area (Å²) in [5, 5.41) is 14.5. The van der Waals surface area contributed by atoms with Gasteiger partial charge < -0.3 is 10.2 Å². The van der Waals surface area contributed by atoms with E-state index in [1.54, 1.807) is 4.90 Å². The minimum absolute atomic E-state index is 0.0478. The van der Waals surface area contributed by atoms with Crippen LogP contribution in [0.1, 0.15) is 17.3 Å². The smallest absolute Gasteiger partial charge is 0.282 e. The summed E-state index contributed by atoms with van der Waals surface area (Å²) in [6.07, 6.45) is 0. The molecule has 0 saturated carbocycles. The first-order valence-corrected chi connectivity index (χ1v) is 6.33. The highest BCUT2D eigenvalue weighted by atomic mass is 35.5. The summed E-state index contributed by atoms with van der Waals surface area (Å²) in [4.78, 5) is 24.4. The highest BCUT2D eigenvalue weighted by molar-refractivity contribution is 6.31. The fourth-order valence-electron chi connectivity index (χ4n) is 2.13. The number of nitro benzene ring substituents is 1. The minimum atomic E-state index is -0.560. The molecule has 1 N–H and O–H groups in total. The Bertz CT molecular complexity index is 521. The van der Waals surface area contributed by atoms with Gasteiger partial charge in [-0.3, -0.25) is 14.9 Å². The third-order valence-corrected chi connectivity index (χ3v) is 3.28. The van der Waals surface area contributed by atoms with Crippen molar-refractivity contribution in [3.63, 3.8) is 0 Å². The number of benzene rings is 1. The summed E-state index contributed by atoms with van der Waals surface area (Å²) < 4.78 is 0. The molecule has 0 spiro atoms. The molecule has 0 bridgehead atoms. The van der Waals surface area contributed by atoms with Crippen LogP contribution in [0.3, 0.4) is 0 Å². The lowest BCUT2D eigenvalue weighted by Crippen LogP contribution is -2.51. The second-order valence-corrected chi connectivity index (χ2v) is 4.96. The van der Waals surface area contributed by atoms with Gasteiger partial charge in [-0.1, -0.05) is 11.6 Å². The van der Waals surface area contributed by atoms with Gasteiger partial charge in [0.1, 0.15) is 5.56 Å². The number of rotatable bonds is 2. The van der Waals surface area contributed by atoms with E-state index in [4.69, 9.17) is 11.6 Å². The first-order chi connectivity index (χ1) is 8.99. The molecule has 1 atom stereocenters. The molecule has 1 unspecified atom stereocenters. The predicted molar refractivity (Wildman–Crippen MR) is 71.5 cm³/mol. The molecule has 1 aliphatic rings. The number of nitrogens with one attached hydrogen (secondary N) is 1. The van der Waals surface area contributed by atoms with Gasteiger partial charge in [-0.2, -0.15) is 0 Å². The van der Waals surface area contributed by atoms with Crippen molar-refractivity contribution < 1.29 is 9.72 Å². The van der Waals surface area contributed by atoms with E-state index in [-0.39, 0.29) is 23.2 Å². The average molecular weight is 284 g/mol. The Morgan fingerprint density at radius 1 is 1.58 bits per heavy atom. The van der Waals surface area contributed by atoms with E-state index in [1.165, 1.54) is 18.2 Å². The molecule has 1 aliphatic heterocycles. The Hall–Kier alpha value is -1.66. The van der Waals surface area contributed by atoms with Crippen LogP contribution in [0.15, 0.2) is 18.2 Å². The van der Waals surface area contributed by atoms with Crippen LogP contribution < -0.4 is 5.32 Å². The first-order valence-electron chi connectivity index (χ1n) is 5.95. The van der Waals surface area contributed by atoms with Crippen molar-refractivity contribution in [2.24, 2.45) is 0 Å². The molecule has 6 nitrogen and oxygen atoms in total. The van der Waals surface area contributed by atoms with Crippen LogP contribution in [0.25, 0.3) is 0 Å². The second kappa shape index (κ2) is 5.54. The van der Waals surface area contributed by atoms with Gasteiger partial charge in [0.05, 0.1) is 4.92 Å². The number of carbonyl (C=O) groups is 1. The molecule has 0 aliphatic carbocycles. The number of hydrogen-bond acceptors (Lipinski definition) is 4. The molecule has 7 heteroatoms. The molecule has 1 saturated heterocycles. The predicted octanol–water partition coefficient (Wildman–Crippen LogP) is 1.68. The van der Waals surface area contributed by atoms with Crippen molar-refractivity contribution in [3.05, 3.63) is 38.9 Å². The molecule has 1 aromatic rings. The number of carbonyl (C=O) groups excluding carboxylic acids is 1. The maximum Gasteiger partial charge on any atom is 0.282 e. The second-order valence-electron chi connectivity index (χ2n) is 4.52. The number of halogens is 1. The molecule has 1 amide bonds. The molecular formula is C12H14ClN3O3. The zero-order valence-corrected chi connectivity index (χ0v) is 11.2. The topological polar surface area (TPSA) is 75.5 Å². The number of nitrogens with zero attached hydrogens (tertiary/aromatic N) is 2. The van der Waals surface area contributed by atoms with Crippen LogP contribution in [-0.4, -0.2) is 41.4 Å². The first kappa shape index (κ1) is 13.8. The molecular weight excluding hydrogens is 270 g/mol. The molecule has 102 valence electrons. The van der Waals surface area contributed by atoms with Gasteiger partial charge in [0, 0.05) is 36.8 Å². The fraction of sp³-hybridized carbons (Fsp3) is 0.417. The third-order valence-electron chi connectivity index (χ3n) is 3.04. The number of hydrogen-bond donors (Lipinski definition) is 1. The van der Waals surface area contributed by atoms with Gasteiger partial charge in [-0.15, -0.1) is 0 Å². The standard InChI is InChI=1S/C12H14ClN3O3/c1-8-7-15(5-4-14-8)12(17)10-6-9(13)2-3-11(10)16(18)19/h2-3,6,8,14H,4-5,7H2,1H3. The highest BCUT2D eigenvalue weighted by Crippen LogP contribution is 2.24. The van der Waals surface area contributed by atoms with Gasteiger partial charge in [0.25, 0.3) is 11.6 Å². The molecule has 1 fully saturated rings. The van der Waals surface area contributed by atoms with Gasteiger partial charge in [0.15, 0.2) is 0 Å². The largest absolute Gasteiger partial charge is 0.336 e. The van der Waals surface area contributed by atoms with Gasteiger partial charge in [0.2, 0.25) is 0 Å². The van der Waals surface area contributed by atoms with Gasteiger partial charge in [-0.25, -0.2) is 0 Å². The van der Waals surface area contributed by atoms with Crippen molar-refractivity contribution in [1.82, 2.24) is 10.2 Å². The highest BCUT2D eigenvalue weighted by Gasteiger charge is 2.27. The number of amides is 1. The average Bonchev–Trinajstić information content (AvgIpc) is 2.37. The van der Waals surface area contributed by atoms with E-state index in [9.17, 15) is 14.9 Å². The zero-order valence-electron chi connectivity index (χ0n) is 10.4. The van der Waals surface area contributed by atoms with Crippen LogP contribution >= 0.6 is 11.6 Å². The van der Waals surface area contributed by atoms with Crippen LogP contribution in [0.5, 0.6) is 0 Å². The molecule has 1 aromatic carbocycles. The van der Waals surface area contributed by atoms with Crippen molar-refractivity contribution in [2.75, 3.05) is 19.6 Å². The van der Waals surface area contributed by atoms with E-state index in [1.807, 2.05) is 6.92 Å². The Morgan fingerprint density at radius 3 is 2.95 bits per heavy atom. The third kappa shape index (κ3) is 3.02. The molecule has 0 aromatic heterocycles. The zero-order chi connectivity index (χ0) is 14.0. The summed E-state index contributed by atoms with van der Waals surface area (Å²) in [7, 11) is 0. The lowest BCUT2D eigenvalue weighted by molar-refractivity contribution is -0.385. The molecule has 1 heterocycles. The molecule has 0 radical (unpaired) electrons. The van der Waals surface area contributed by atoms with Gasteiger partial charge >= 0.3 is 0 Å². The number of nitro groups is 1. The maximum absolute atomic E-state index is 12.4. The van der Waals surface area contributed by atoms with Crippen LogP contribution in [-0.2, 0) is 0 Å². The minimum Gasteiger partial charge on any atom is -0.336 e. The number of piperazine rings is 1. The SMILES string of the molecule is CC1CN(C(=O)c2cc(Cl)ccc2[N+](=O)[O-])CCN1. The van der Waals surface area contributed by atoms with E-state index in [0.29, 0.717) is 24.7 Å². The van der Waals surface area contributed by atoms with E-state index in [0.717, 1.165) is 0 Å². The fourth-order valence-corrected chi connectivity index (χ4v) is 2.30. The monoisotopic (exact) mass is 283 g/mol. The normalized spacial score (nSPS) is 19.3. The summed E-state index contributed by atoms with van der Waals surface area (Å²) >= 11 is 5.83. The molecule has 19 heavy (non-hydrogen) atoms. The van der Waals surface area contributed by atoms with Crippen molar-refractivity contribution >= 4 is 23.2 Å². The summed E-state index contributed by atoms with van der Waals surface area (Å²) in [6, 6.07) is 4.21. The van der Waals surface area contributed by atoms with E-state index < -0.39 is 4.92 Å². The summed E-state index contributed by atoms with van der Waals surface area (Å²) in [6.45, 7) is 3.71. The molecule has 2 rings (SSSR count).